The molecule has 90 valence electrons. The molecule has 0 fully saturated rings. The Labute approximate surface area is 99.4 Å². The number of imidazole rings is 1. The van der Waals surface area contributed by atoms with Crippen LogP contribution in [0.1, 0.15) is 42.9 Å². The molecule has 2 aromatic heterocycles. The molecule has 0 N–H and O–H groups in total. The van der Waals surface area contributed by atoms with Gasteiger partial charge in [0.15, 0.2) is 11.3 Å². The number of fused-ring (bicyclic) bond motifs is 1. The van der Waals surface area contributed by atoms with E-state index in [4.69, 9.17) is 4.74 Å². The van der Waals surface area contributed by atoms with Crippen molar-refractivity contribution in [3.63, 3.8) is 0 Å². The zero-order chi connectivity index (χ0) is 12.4. The first-order chi connectivity index (χ1) is 8.11. The second-order valence-electron chi connectivity index (χ2n) is 4.06. The lowest BCUT2D eigenvalue weighted by atomic mass is 10.1. The quantitative estimate of drug-likeness (QED) is 0.761. The molecule has 0 atom stereocenters. The Kier molecular flexibility index (Phi) is 3.08. The summed E-state index contributed by atoms with van der Waals surface area (Å²) in [6, 6.07) is 3.77. The molecule has 5 heteroatoms. The highest BCUT2D eigenvalue weighted by atomic mass is 16.5. The van der Waals surface area contributed by atoms with Gasteiger partial charge in [-0.15, -0.1) is 0 Å². The summed E-state index contributed by atoms with van der Waals surface area (Å²) >= 11 is 0. The van der Waals surface area contributed by atoms with E-state index >= 15 is 0 Å². The van der Waals surface area contributed by atoms with Gasteiger partial charge in [-0.05, 0) is 25.0 Å². The largest absolute Gasteiger partial charge is 0.461 e. The van der Waals surface area contributed by atoms with Gasteiger partial charge in [0.2, 0.25) is 0 Å². The molecule has 0 saturated carbocycles. The molecular weight excluding hydrogens is 218 g/mol. The van der Waals surface area contributed by atoms with Crippen molar-refractivity contribution in [2.24, 2.45) is 0 Å². The minimum absolute atomic E-state index is 0.292. The molecule has 2 heterocycles. The molecule has 5 nitrogen and oxygen atoms in total. The minimum Gasteiger partial charge on any atom is -0.461 e. The number of rotatable bonds is 3. The molecule has 2 aromatic rings. The maximum absolute atomic E-state index is 11.5. The first-order valence-electron chi connectivity index (χ1n) is 5.65. The van der Waals surface area contributed by atoms with E-state index in [9.17, 15) is 4.79 Å². The summed E-state index contributed by atoms with van der Waals surface area (Å²) in [7, 11) is 0. The summed E-state index contributed by atoms with van der Waals surface area (Å²) in [5, 5.41) is 4.38. The standard InChI is InChI=1S/C12H15N3O2/c1-4-17-12(16)10-7-15-11(13-10)6-5-9(14-15)8(2)3/h5-8H,4H2,1-3H3. The van der Waals surface area contributed by atoms with Crippen molar-refractivity contribution < 1.29 is 9.53 Å². The third-order valence-corrected chi connectivity index (χ3v) is 2.42. The Hall–Kier alpha value is -1.91. The lowest BCUT2D eigenvalue weighted by Gasteiger charge is -2.02. The molecule has 0 radical (unpaired) electrons. The molecule has 0 bridgehead atoms. The highest BCUT2D eigenvalue weighted by Gasteiger charge is 2.12. The van der Waals surface area contributed by atoms with Crippen LogP contribution < -0.4 is 0 Å². The van der Waals surface area contributed by atoms with Gasteiger partial charge in [-0.3, -0.25) is 0 Å². The van der Waals surface area contributed by atoms with Crippen LogP contribution >= 0.6 is 0 Å². The molecule has 17 heavy (non-hydrogen) atoms. The molecule has 0 aliphatic rings. The van der Waals surface area contributed by atoms with Crippen molar-refractivity contribution >= 4 is 11.6 Å². The fourth-order valence-electron chi connectivity index (χ4n) is 1.51. The molecule has 0 unspecified atom stereocenters. The van der Waals surface area contributed by atoms with E-state index in [0.29, 0.717) is 23.9 Å². The second-order valence-corrected chi connectivity index (χ2v) is 4.06. The lowest BCUT2D eigenvalue weighted by molar-refractivity contribution is 0.0520. The highest BCUT2D eigenvalue weighted by Crippen LogP contribution is 2.12. The summed E-state index contributed by atoms with van der Waals surface area (Å²) in [6.07, 6.45) is 1.60. The number of hydrogen-bond acceptors (Lipinski definition) is 4. The van der Waals surface area contributed by atoms with Crippen LogP contribution in [0.2, 0.25) is 0 Å². The average Bonchev–Trinajstić information content (AvgIpc) is 2.71. The number of esters is 1. The van der Waals surface area contributed by atoms with Gasteiger partial charge in [-0.2, -0.15) is 5.10 Å². The van der Waals surface area contributed by atoms with Crippen molar-refractivity contribution in [1.82, 2.24) is 14.6 Å². The first kappa shape index (κ1) is 11.6. The molecular formula is C12H15N3O2. The van der Waals surface area contributed by atoms with Crippen LogP contribution in [-0.4, -0.2) is 27.2 Å². The number of hydrogen-bond donors (Lipinski definition) is 0. The van der Waals surface area contributed by atoms with Gasteiger partial charge < -0.3 is 4.74 Å². The van der Waals surface area contributed by atoms with Gasteiger partial charge in [0, 0.05) is 0 Å². The Balaban J connectivity index is 2.40. The van der Waals surface area contributed by atoms with E-state index in [1.807, 2.05) is 12.1 Å². The summed E-state index contributed by atoms with van der Waals surface area (Å²) < 4.78 is 6.51. The zero-order valence-electron chi connectivity index (χ0n) is 10.2. The molecule has 0 aliphatic carbocycles. The molecule has 0 aliphatic heterocycles. The minimum atomic E-state index is -0.413. The lowest BCUT2D eigenvalue weighted by Crippen LogP contribution is -2.04. The van der Waals surface area contributed by atoms with Gasteiger partial charge in [0.1, 0.15) is 0 Å². The number of carbonyl (C=O) groups excluding carboxylic acids is 1. The topological polar surface area (TPSA) is 56.5 Å². The number of carbonyl (C=O) groups is 1. The second kappa shape index (κ2) is 4.53. The van der Waals surface area contributed by atoms with E-state index in [0.717, 1.165) is 5.69 Å². The third-order valence-electron chi connectivity index (χ3n) is 2.42. The van der Waals surface area contributed by atoms with Crippen molar-refractivity contribution in [3.05, 3.63) is 29.7 Å². The van der Waals surface area contributed by atoms with E-state index in [1.165, 1.54) is 0 Å². The highest BCUT2D eigenvalue weighted by molar-refractivity contribution is 5.87. The summed E-state index contributed by atoms with van der Waals surface area (Å²) in [5.74, 6) is -0.0723. The molecule has 0 saturated heterocycles. The third kappa shape index (κ3) is 2.27. The van der Waals surface area contributed by atoms with Crippen LogP contribution in [0.4, 0.5) is 0 Å². The van der Waals surface area contributed by atoms with E-state index < -0.39 is 5.97 Å². The van der Waals surface area contributed by atoms with Crippen LogP contribution in [0.15, 0.2) is 18.3 Å². The van der Waals surface area contributed by atoms with Gasteiger partial charge in [0.05, 0.1) is 18.5 Å². The molecule has 0 aromatic carbocycles. The Morgan fingerprint density at radius 1 is 1.47 bits per heavy atom. The van der Waals surface area contributed by atoms with Crippen LogP contribution in [0, 0.1) is 0 Å². The fourth-order valence-corrected chi connectivity index (χ4v) is 1.51. The monoisotopic (exact) mass is 233 g/mol. The van der Waals surface area contributed by atoms with Crippen LogP contribution in [0.5, 0.6) is 0 Å². The number of ether oxygens (including phenoxy) is 1. The van der Waals surface area contributed by atoms with Gasteiger partial charge in [-0.25, -0.2) is 14.3 Å². The van der Waals surface area contributed by atoms with Crippen LogP contribution in [0.3, 0.4) is 0 Å². The normalized spacial score (nSPS) is 11.1. The number of nitrogens with zero attached hydrogens (tertiary/aromatic N) is 3. The summed E-state index contributed by atoms with van der Waals surface area (Å²) in [4.78, 5) is 15.7. The molecule has 0 spiro atoms. The van der Waals surface area contributed by atoms with Crippen molar-refractivity contribution in [2.75, 3.05) is 6.61 Å². The smallest absolute Gasteiger partial charge is 0.358 e. The van der Waals surface area contributed by atoms with Crippen molar-refractivity contribution in [2.45, 2.75) is 26.7 Å². The van der Waals surface area contributed by atoms with Gasteiger partial charge >= 0.3 is 5.97 Å². The van der Waals surface area contributed by atoms with Crippen LogP contribution in [0.25, 0.3) is 5.65 Å². The Bertz CT molecular complexity index is 546. The predicted octanol–water partition coefficient (Wildman–Crippen LogP) is 2.03. The van der Waals surface area contributed by atoms with Gasteiger partial charge in [-0.1, -0.05) is 13.8 Å². The SMILES string of the molecule is CCOC(=O)c1cn2nc(C(C)C)ccc2n1. The molecule has 2 rings (SSSR count). The fraction of sp³-hybridized carbons (Fsp3) is 0.417. The van der Waals surface area contributed by atoms with E-state index in [2.05, 4.69) is 23.9 Å². The first-order valence-corrected chi connectivity index (χ1v) is 5.65. The van der Waals surface area contributed by atoms with Gasteiger partial charge in [0.25, 0.3) is 0 Å². The Morgan fingerprint density at radius 2 is 2.24 bits per heavy atom. The van der Waals surface area contributed by atoms with E-state index in [1.54, 1.807) is 17.6 Å². The summed E-state index contributed by atoms with van der Waals surface area (Å²) in [6.45, 7) is 6.24. The number of aromatic nitrogens is 3. The predicted molar refractivity (Wildman–Crippen MR) is 63.0 cm³/mol. The van der Waals surface area contributed by atoms with Crippen molar-refractivity contribution in [1.29, 1.82) is 0 Å². The van der Waals surface area contributed by atoms with Crippen LogP contribution in [-0.2, 0) is 4.74 Å². The van der Waals surface area contributed by atoms with Crippen molar-refractivity contribution in [3.8, 4) is 0 Å². The maximum Gasteiger partial charge on any atom is 0.358 e. The molecule has 0 amide bonds. The zero-order valence-corrected chi connectivity index (χ0v) is 10.2. The average molecular weight is 233 g/mol. The summed E-state index contributed by atoms with van der Waals surface area (Å²) in [5.41, 5.74) is 1.91. The maximum atomic E-state index is 11.5. The Morgan fingerprint density at radius 3 is 2.88 bits per heavy atom. The van der Waals surface area contributed by atoms with E-state index in [-0.39, 0.29) is 0 Å².